The van der Waals surface area contributed by atoms with Gasteiger partial charge in [-0.05, 0) is 36.8 Å². The van der Waals surface area contributed by atoms with Crippen molar-refractivity contribution >= 4 is 23.2 Å². The Bertz CT molecular complexity index is 695. The summed E-state index contributed by atoms with van der Waals surface area (Å²) in [5.74, 6) is 0.0593. The Kier molecular flexibility index (Phi) is 5.76. The van der Waals surface area contributed by atoms with Crippen LogP contribution in [0, 0.1) is 6.92 Å². The van der Waals surface area contributed by atoms with Gasteiger partial charge in [0.05, 0.1) is 5.02 Å². The van der Waals surface area contributed by atoms with Crippen LogP contribution in [0.25, 0.3) is 0 Å². The molecule has 0 aliphatic heterocycles. The second-order valence-corrected chi connectivity index (χ2v) is 5.03. The van der Waals surface area contributed by atoms with E-state index in [0.29, 0.717) is 11.4 Å². The zero-order valence-corrected chi connectivity index (χ0v) is 12.9. The molecule has 0 saturated heterocycles. The first-order chi connectivity index (χ1) is 11.0. The molecule has 2 aromatic rings. The van der Waals surface area contributed by atoms with Crippen LogP contribution >= 0.6 is 11.6 Å². The molecule has 0 aliphatic carbocycles. The average molecular weight is 342 g/mol. The number of carbonyl (C=O) groups excluding carboxylic acids is 1. The number of carbonyl (C=O) groups is 1. The van der Waals surface area contributed by atoms with Crippen LogP contribution in [-0.4, -0.2) is 19.1 Å². The smallest absolute Gasteiger partial charge is 0.387 e. The molecule has 0 fully saturated rings. The van der Waals surface area contributed by atoms with Gasteiger partial charge in [0.15, 0.2) is 6.61 Å². The van der Waals surface area contributed by atoms with Crippen molar-refractivity contribution in [2.45, 2.75) is 13.5 Å². The van der Waals surface area contributed by atoms with Crippen molar-refractivity contribution in [3.05, 3.63) is 53.1 Å². The maximum atomic E-state index is 12.1. The van der Waals surface area contributed by atoms with Crippen molar-refractivity contribution < 1.29 is 23.0 Å². The topological polar surface area (TPSA) is 47.6 Å². The number of halogens is 3. The number of ether oxygens (including phenoxy) is 2. The van der Waals surface area contributed by atoms with Crippen molar-refractivity contribution in [2.75, 3.05) is 11.9 Å². The Morgan fingerprint density at radius 3 is 2.61 bits per heavy atom. The second-order valence-electron chi connectivity index (χ2n) is 4.63. The molecule has 0 aromatic heterocycles. The molecule has 0 atom stereocenters. The summed E-state index contributed by atoms with van der Waals surface area (Å²) in [4.78, 5) is 11.8. The van der Waals surface area contributed by atoms with E-state index >= 15 is 0 Å². The molecule has 0 spiro atoms. The van der Waals surface area contributed by atoms with Gasteiger partial charge in [0.2, 0.25) is 0 Å². The largest absolute Gasteiger partial charge is 0.483 e. The number of aryl methyl sites for hydroxylation is 1. The Morgan fingerprint density at radius 2 is 1.96 bits per heavy atom. The van der Waals surface area contributed by atoms with Crippen LogP contribution < -0.4 is 14.8 Å². The molecule has 0 bridgehead atoms. The molecule has 0 radical (unpaired) electrons. The van der Waals surface area contributed by atoms with E-state index in [1.807, 2.05) is 25.1 Å². The van der Waals surface area contributed by atoms with Crippen LogP contribution in [0.1, 0.15) is 5.56 Å². The lowest BCUT2D eigenvalue weighted by atomic mass is 10.2. The molecule has 2 aromatic carbocycles. The maximum Gasteiger partial charge on any atom is 0.387 e. The minimum Gasteiger partial charge on any atom is -0.483 e. The predicted octanol–water partition coefficient (Wildman–Crippen LogP) is 4.27. The third kappa shape index (κ3) is 5.10. The van der Waals surface area contributed by atoms with Crippen LogP contribution in [0.15, 0.2) is 42.5 Å². The normalized spacial score (nSPS) is 10.5. The van der Waals surface area contributed by atoms with Crippen molar-refractivity contribution in [3.8, 4) is 11.5 Å². The van der Waals surface area contributed by atoms with Gasteiger partial charge in [-0.15, -0.1) is 0 Å². The van der Waals surface area contributed by atoms with Gasteiger partial charge in [0, 0.05) is 5.69 Å². The average Bonchev–Trinajstić information content (AvgIpc) is 2.49. The minimum absolute atomic E-state index is 0.0251. The fourth-order valence-corrected chi connectivity index (χ4v) is 2.05. The fourth-order valence-electron chi connectivity index (χ4n) is 1.83. The summed E-state index contributed by atoms with van der Waals surface area (Å²) in [6, 6.07) is 11.3. The van der Waals surface area contributed by atoms with E-state index < -0.39 is 12.5 Å². The quantitative estimate of drug-likeness (QED) is 0.853. The molecule has 1 amide bonds. The van der Waals surface area contributed by atoms with Crippen LogP contribution in [-0.2, 0) is 4.79 Å². The third-order valence-electron chi connectivity index (χ3n) is 2.88. The molecule has 0 unspecified atom stereocenters. The summed E-state index contributed by atoms with van der Waals surface area (Å²) < 4.78 is 33.9. The van der Waals surface area contributed by atoms with Gasteiger partial charge in [-0.1, -0.05) is 29.8 Å². The number of para-hydroxylation sites is 1. The Balaban J connectivity index is 1.93. The zero-order valence-electron chi connectivity index (χ0n) is 12.2. The zero-order chi connectivity index (χ0) is 16.8. The summed E-state index contributed by atoms with van der Waals surface area (Å²) in [6.45, 7) is -1.28. The Hall–Kier alpha value is -2.34. The number of nitrogens with one attached hydrogen (secondary N) is 1. The monoisotopic (exact) mass is 341 g/mol. The molecule has 7 heteroatoms. The number of benzene rings is 2. The van der Waals surface area contributed by atoms with Gasteiger partial charge in [-0.3, -0.25) is 4.79 Å². The molecule has 0 aliphatic rings. The fraction of sp³-hybridized carbons (Fsp3) is 0.188. The number of anilines is 1. The molecule has 4 nitrogen and oxygen atoms in total. The number of rotatable bonds is 6. The second kappa shape index (κ2) is 7.78. The first-order valence-corrected chi connectivity index (χ1v) is 7.06. The summed E-state index contributed by atoms with van der Waals surface area (Å²) in [7, 11) is 0. The first-order valence-electron chi connectivity index (χ1n) is 6.68. The summed E-state index contributed by atoms with van der Waals surface area (Å²) in [5.41, 5.74) is 1.27. The van der Waals surface area contributed by atoms with Gasteiger partial charge in [0.25, 0.3) is 5.91 Å². The van der Waals surface area contributed by atoms with E-state index in [9.17, 15) is 13.6 Å². The molecular weight excluding hydrogens is 328 g/mol. The lowest BCUT2D eigenvalue weighted by Crippen LogP contribution is -2.20. The number of amides is 1. The molecular formula is C16H14ClF2NO3. The van der Waals surface area contributed by atoms with Crippen molar-refractivity contribution in [1.29, 1.82) is 0 Å². The van der Waals surface area contributed by atoms with Crippen LogP contribution in [0.3, 0.4) is 0 Å². The summed E-state index contributed by atoms with van der Waals surface area (Å²) in [5, 5.41) is 2.54. The lowest BCUT2D eigenvalue weighted by molar-refractivity contribution is -0.118. The third-order valence-corrected chi connectivity index (χ3v) is 3.18. The van der Waals surface area contributed by atoms with E-state index in [4.69, 9.17) is 16.3 Å². The first kappa shape index (κ1) is 17.0. The van der Waals surface area contributed by atoms with Gasteiger partial charge < -0.3 is 14.8 Å². The molecule has 23 heavy (non-hydrogen) atoms. The van der Waals surface area contributed by atoms with Crippen molar-refractivity contribution in [1.82, 2.24) is 0 Å². The van der Waals surface area contributed by atoms with E-state index in [1.54, 1.807) is 6.07 Å². The highest BCUT2D eigenvalue weighted by atomic mass is 35.5. The Morgan fingerprint density at radius 1 is 1.22 bits per heavy atom. The number of alkyl halides is 2. The summed E-state index contributed by atoms with van der Waals surface area (Å²) >= 11 is 5.81. The molecule has 0 heterocycles. The van der Waals surface area contributed by atoms with Crippen molar-refractivity contribution in [3.63, 3.8) is 0 Å². The number of hydrogen-bond donors (Lipinski definition) is 1. The van der Waals surface area contributed by atoms with E-state index in [1.165, 1.54) is 18.2 Å². The molecule has 2 rings (SSSR count). The molecule has 122 valence electrons. The van der Waals surface area contributed by atoms with Gasteiger partial charge >= 0.3 is 6.61 Å². The molecule has 1 N–H and O–H groups in total. The number of hydrogen-bond acceptors (Lipinski definition) is 3. The van der Waals surface area contributed by atoms with E-state index in [0.717, 1.165) is 5.56 Å². The van der Waals surface area contributed by atoms with Crippen molar-refractivity contribution in [2.24, 2.45) is 0 Å². The maximum absolute atomic E-state index is 12.1. The van der Waals surface area contributed by atoms with Crippen LogP contribution in [0.5, 0.6) is 11.5 Å². The minimum atomic E-state index is -2.96. The summed E-state index contributed by atoms with van der Waals surface area (Å²) in [6.07, 6.45) is 0. The predicted molar refractivity (Wildman–Crippen MR) is 83.4 cm³/mol. The highest BCUT2D eigenvalue weighted by molar-refractivity contribution is 6.32. The van der Waals surface area contributed by atoms with E-state index in [-0.39, 0.29) is 17.4 Å². The highest BCUT2D eigenvalue weighted by Crippen LogP contribution is 2.28. The van der Waals surface area contributed by atoms with Gasteiger partial charge in [-0.25, -0.2) is 0 Å². The van der Waals surface area contributed by atoms with Crippen LogP contribution in [0.2, 0.25) is 5.02 Å². The highest BCUT2D eigenvalue weighted by Gasteiger charge is 2.11. The standard InChI is InChI=1S/C16H14ClF2NO3/c1-10-4-2-3-5-13(10)22-9-15(21)20-11-6-7-14(12(17)8-11)23-16(18)19/h2-8,16H,9H2,1H3,(H,20,21). The molecule has 0 saturated carbocycles. The van der Waals surface area contributed by atoms with Gasteiger partial charge in [-0.2, -0.15) is 8.78 Å². The van der Waals surface area contributed by atoms with E-state index in [2.05, 4.69) is 10.1 Å². The lowest BCUT2D eigenvalue weighted by Gasteiger charge is -2.11. The SMILES string of the molecule is Cc1ccccc1OCC(=O)Nc1ccc(OC(F)F)c(Cl)c1. The van der Waals surface area contributed by atoms with Crippen LogP contribution in [0.4, 0.5) is 14.5 Å². The Labute approximate surface area is 137 Å². The van der Waals surface area contributed by atoms with Gasteiger partial charge in [0.1, 0.15) is 11.5 Å².